The van der Waals surface area contributed by atoms with Crippen LogP contribution in [-0.2, 0) is 0 Å². The summed E-state index contributed by atoms with van der Waals surface area (Å²) in [7, 11) is 1.72. The highest BCUT2D eigenvalue weighted by Gasteiger charge is 2.22. The molecule has 0 radical (unpaired) electrons. The Morgan fingerprint density at radius 3 is 1.75 bits per heavy atom. The number of hydrogen-bond acceptors (Lipinski definition) is 1. The van der Waals surface area contributed by atoms with Crippen LogP contribution in [-0.4, -0.2) is 7.11 Å². The molecule has 0 unspecified atom stereocenters. The molecule has 2 rings (SSSR count). The minimum Gasteiger partial charge on any atom is -0.497 e. The van der Waals surface area contributed by atoms with E-state index in [4.69, 9.17) is 4.74 Å². The standard InChI is InChI=1S/C22H29IO/c1-13(2)18-12-19(14(3)4)22(23)20(15(5)6)21(18)16-8-10-17(24-7)11-9-16/h8-15H,1-7H3. The normalized spacial score (nSPS) is 11.6. The summed E-state index contributed by atoms with van der Waals surface area (Å²) in [5.74, 6) is 2.43. The predicted molar refractivity (Wildman–Crippen MR) is 113 cm³/mol. The Bertz CT molecular complexity index is 697. The lowest BCUT2D eigenvalue weighted by molar-refractivity contribution is 0.415. The van der Waals surface area contributed by atoms with E-state index < -0.39 is 0 Å². The quantitative estimate of drug-likeness (QED) is 0.446. The first kappa shape index (κ1) is 19.3. The van der Waals surface area contributed by atoms with Crippen LogP contribution >= 0.6 is 22.6 Å². The Balaban J connectivity index is 2.82. The highest BCUT2D eigenvalue weighted by molar-refractivity contribution is 14.1. The summed E-state index contributed by atoms with van der Waals surface area (Å²) in [6.07, 6.45) is 0. The summed E-state index contributed by atoms with van der Waals surface area (Å²) in [5, 5.41) is 0. The molecule has 0 N–H and O–H groups in total. The van der Waals surface area contributed by atoms with Crippen molar-refractivity contribution in [3.8, 4) is 16.9 Å². The summed E-state index contributed by atoms with van der Waals surface area (Å²) in [5.41, 5.74) is 7.11. The van der Waals surface area contributed by atoms with Crippen LogP contribution in [0.15, 0.2) is 30.3 Å². The first-order valence-electron chi connectivity index (χ1n) is 8.78. The van der Waals surface area contributed by atoms with Crippen molar-refractivity contribution in [2.24, 2.45) is 0 Å². The van der Waals surface area contributed by atoms with Gasteiger partial charge >= 0.3 is 0 Å². The SMILES string of the molecule is COc1ccc(-c2c(C(C)C)cc(C(C)C)c(I)c2C(C)C)cc1. The van der Waals surface area contributed by atoms with Gasteiger partial charge in [-0.3, -0.25) is 0 Å². The van der Waals surface area contributed by atoms with E-state index in [1.54, 1.807) is 7.11 Å². The molecule has 130 valence electrons. The predicted octanol–water partition coefficient (Wildman–Crippen LogP) is 7.34. The fraction of sp³-hybridized carbons (Fsp3) is 0.455. The second-order valence-corrected chi connectivity index (χ2v) is 8.43. The molecule has 24 heavy (non-hydrogen) atoms. The fourth-order valence-corrected chi connectivity index (χ4v) is 4.89. The van der Waals surface area contributed by atoms with Crippen molar-refractivity contribution in [1.29, 1.82) is 0 Å². The van der Waals surface area contributed by atoms with Crippen molar-refractivity contribution < 1.29 is 4.74 Å². The topological polar surface area (TPSA) is 9.23 Å². The van der Waals surface area contributed by atoms with Gasteiger partial charge in [-0.1, -0.05) is 59.7 Å². The van der Waals surface area contributed by atoms with Crippen LogP contribution in [0.4, 0.5) is 0 Å². The number of hydrogen-bond donors (Lipinski definition) is 0. The van der Waals surface area contributed by atoms with Gasteiger partial charge in [-0.05, 0) is 80.3 Å². The van der Waals surface area contributed by atoms with Crippen LogP contribution in [0.1, 0.15) is 76.0 Å². The van der Waals surface area contributed by atoms with Crippen molar-refractivity contribution in [1.82, 2.24) is 0 Å². The van der Waals surface area contributed by atoms with E-state index >= 15 is 0 Å². The van der Waals surface area contributed by atoms with Crippen LogP contribution < -0.4 is 4.74 Å². The molecule has 0 aliphatic heterocycles. The molecule has 0 saturated heterocycles. The molecule has 0 spiro atoms. The number of ether oxygens (including phenoxy) is 1. The molecule has 0 aliphatic rings. The van der Waals surface area contributed by atoms with E-state index in [-0.39, 0.29) is 0 Å². The average molecular weight is 436 g/mol. The Kier molecular flexibility index (Phi) is 6.35. The van der Waals surface area contributed by atoms with Crippen molar-refractivity contribution in [3.05, 3.63) is 50.6 Å². The second-order valence-electron chi connectivity index (χ2n) is 7.35. The van der Waals surface area contributed by atoms with Gasteiger partial charge in [0.05, 0.1) is 7.11 Å². The van der Waals surface area contributed by atoms with Gasteiger partial charge in [-0.25, -0.2) is 0 Å². The fourth-order valence-electron chi connectivity index (χ4n) is 3.22. The summed E-state index contributed by atoms with van der Waals surface area (Å²) in [6, 6.07) is 10.9. The minimum atomic E-state index is 0.491. The van der Waals surface area contributed by atoms with E-state index in [0.29, 0.717) is 17.8 Å². The molecule has 0 bridgehead atoms. The molecule has 2 heteroatoms. The van der Waals surface area contributed by atoms with E-state index in [1.165, 1.54) is 31.4 Å². The summed E-state index contributed by atoms with van der Waals surface area (Å²) >= 11 is 2.55. The Morgan fingerprint density at radius 1 is 0.792 bits per heavy atom. The summed E-state index contributed by atoms with van der Waals surface area (Å²) in [4.78, 5) is 0. The zero-order valence-corrected chi connectivity index (χ0v) is 18.1. The highest BCUT2D eigenvalue weighted by atomic mass is 127. The monoisotopic (exact) mass is 436 g/mol. The third-order valence-corrected chi connectivity index (χ3v) is 5.76. The Labute approximate surface area is 161 Å². The van der Waals surface area contributed by atoms with Crippen molar-refractivity contribution in [2.45, 2.75) is 59.3 Å². The zero-order chi connectivity index (χ0) is 18.0. The van der Waals surface area contributed by atoms with Gasteiger partial charge in [-0.15, -0.1) is 0 Å². The third kappa shape index (κ3) is 3.79. The van der Waals surface area contributed by atoms with E-state index in [0.717, 1.165) is 5.75 Å². The van der Waals surface area contributed by atoms with Crippen LogP contribution in [0.5, 0.6) is 5.75 Å². The van der Waals surface area contributed by atoms with Gasteiger partial charge in [0, 0.05) is 3.57 Å². The van der Waals surface area contributed by atoms with Crippen molar-refractivity contribution >= 4 is 22.6 Å². The number of rotatable bonds is 5. The molecule has 0 fully saturated rings. The molecule has 0 aromatic heterocycles. The van der Waals surface area contributed by atoms with Crippen LogP contribution in [0.25, 0.3) is 11.1 Å². The largest absolute Gasteiger partial charge is 0.497 e. The third-order valence-electron chi connectivity index (χ3n) is 4.56. The van der Waals surface area contributed by atoms with Gasteiger partial charge in [0.25, 0.3) is 0 Å². The Morgan fingerprint density at radius 2 is 1.33 bits per heavy atom. The highest BCUT2D eigenvalue weighted by Crippen LogP contribution is 2.42. The van der Waals surface area contributed by atoms with E-state index in [9.17, 15) is 0 Å². The molecular weight excluding hydrogens is 407 g/mol. The molecule has 1 nitrogen and oxygen atoms in total. The molecule has 0 aliphatic carbocycles. The molecule has 0 amide bonds. The molecule has 0 saturated carbocycles. The molecule has 0 heterocycles. The average Bonchev–Trinajstić information content (AvgIpc) is 2.53. The first-order chi connectivity index (χ1) is 11.3. The van der Waals surface area contributed by atoms with Gasteiger partial charge in [0.1, 0.15) is 5.75 Å². The second kappa shape index (κ2) is 7.90. The molecule has 0 atom stereocenters. The maximum absolute atomic E-state index is 5.33. The van der Waals surface area contributed by atoms with E-state index in [2.05, 4.69) is 94.5 Å². The first-order valence-corrected chi connectivity index (χ1v) is 9.86. The minimum absolute atomic E-state index is 0.491. The lowest BCUT2D eigenvalue weighted by Crippen LogP contribution is -2.07. The number of benzene rings is 2. The van der Waals surface area contributed by atoms with Crippen LogP contribution in [0, 0.1) is 3.57 Å². The summed E-state index contributed by atoms with van der Waals surface area (Å²) < 4.78 is 6.76. The van der Waals surface area contributed by atoms with Crippen molar-refractivity contribution in [2.75, 3.05) is 7.11 Å². The number of methoxy groups -OCH3 is 1. The maximum Gasteiger partial charge on any atom is 0.118 e. The molecule has 2 aromatic rings. The molecular formula is C22H29IO. The van der Waals surface area contributed by atoms with Crippen molar-refractivity contribution in [3.63, 3.8) is 0 Å². The van der Waals surface area contributed by atoms with Crippen LogP contribution in [0.2, 0.25) is 0 Å². The lowest BCUT2D eigenvalue weighted by atomic mass is 9.82. The summed E-state index contributed by atoms with van der Waals surface area (Å²) in [6.45, 7) is 13.8. The van der Waals surface area contributed by atoms with Gasteiger partial charge in [-0.2, -0.15) is 0 Å². The number of halogens is 1. The lowest BCUT2D eigenvalue weighted by Gasteiger charge is -2.25. The van der Waals surface area contributed by atoms with Gasteiger partial charge in [0.15, 0.2) is 0 Å². The smallest absolute Gasteiger partial charge is 0.118 e. The van der Waals surface area contributed by atoms with Gasteiger partial charge in [0.2, 0.25) is 0 Å². The maximum atomic E-state index is 5.33. The van der Waals surface area contributed by atoms with Gasteiger partial charge < -0.3 is 4.74 Å². The van der Waals surface area contributed by atoms with E-state index in [1.807, 2.05) is 0 Å². The molecule has 2 aromatic carbocycles. The Hall–Kier alpha value is -1.03. The zero-order valence-electron chi connectivity index (χ0n) is 15.9. The van der Waals surface area contributed by atoms with Crippen LogP contribution in [0.3, 0.4) is 0 Å².